The predicted molar refractivity (Wildman–Crippen MR) is 139 cm³/mol. The summed E-state index contributed by atoms with van der Waals surface area (Å²) in [7, 11) is 0. The molecule has 1 fully saturated rings. The molecule has 1 saturated heterocycles. The number of aromatic hydroxyl groups is 1. The molecule has 38 heavy (non-hydrogen) atoms. The summed E-state index contributed by atoms with van der Waals surface area (Å²) >= 11 is 0. The van der Waals surface area contributed by atoms with Crippen molar-refractivity contribution in [2.24, 2.45) is 0 Å². The molecule has 1 aromatic heterocycles. The minimum Gasteiger partial charge on any atom is -0.502 e. The standard InChI is InChI=1S/C29H31F2N3O4/c1-4-17(3)19-8-6-7-9-20(19)26(21-10-11-22(30)25(31)18(21)5-2)34-24-16-38-15-14-32(24)29(37)27-28(36)23(35)12-13-33(27)34/h6-13,17,24,26,36H,4-5,14-16H2,1-3H3. The highest BCUT2D eigenvalue weighted by Crippen LogP contribution is 2.41. The zero-order valence-electron chi connectivity index (χ0n) is 21.7. The number of halogens is 2. The number of amides is 1. The molecule has 2 aromatic carbocycles. The molecule has 0 aliphatic carbocycles. The van der Waals surface area contributed by atoms with Gasteiger partial charge in [0.1, 0.15) is 6.17 Å². The molecule has 5 rings (SSSR count). The summed E-state index contributed by atoms with van der Waals surface area (Å²) in [4.78, 5) is 27.5. The van der Waals surface area contributed by atoms with E-state index in [4.69, 9.17) is 4.74 Å². The van der Waals surface area contributed by atoms with Gasteiger partial charge in [-0.1, -0.05) is 51.1 Å². The van der Waals surface area contributed by atoms with Gasteiger partial charge in [0.2, 0.25) is 5.43 Å². The van der Waals surface area contributed by atoms with E-state index >= 15 is 4.39 Å². The number of benzene rings is 2. The largest absolute Gasteiger partial charge is 0.502 e. The zero-order valence-corrected chi connectivity index (χ0v) is 21.7. The Bertz CT molecular complexity index is 1440. The lowest BCUT2D eigenvalue weighted by atomic mass is 9.85. The van der Waals surface area contributed by atoms with Crippen LogP contribution in [-0.2, 0) is 11.2 Å². The normalized spacial score (nSPS) is 18.7. The van der Waals surface area contributed by atoms with Crippen LogP contribution in [0.15, 0.2) is 53.5 Å². The van der Waals surface area contributed by atoms with Gasteiger partial charge in [0.15, 0.2) is 23.1 Å². The lowest BCUT2D eigenvalue weighted by molar-refractivity contribution is -0.0197. The molecule has 2 aliphatic heterocycles. The molecule has 2 aliphatic rings. The minimum atomic E-state index is -0.933. The lowest BCUT2D eigenvalue weighted by Gasteiger charge is -2.51. The molecule has 9 heteroatoms. The second-order valence-corrected chi connectivity index (χ2v) is 9.78. The molecule has 3 unspecified atom stereocenters. The molecule has 3 aromatic rings. The second kappa shape index (κ2) is 10.2. The maximum Gasteiger partial charge on any atom is 0.278 e. The van der Waals surface area contributed by atoms with Gasteiger partial charge < -0.3 is 14.7 Å². The maximum atomic E-state index is 15.3. The van der Waals surface area contributed by atoms with Gasteiger partial charge in [-0.3, -0.25) is 19.3 Å². The molecule has 3 atom stereocenters. The summed E-state index contributed by atoms with van der Waals surface area (Å²) in [5, 5.41) is 12.6. The highest BCUT2D eigenvalue weighted by atomic mass is 19.2. The van der Waals surface area contributed by atoms with Crippen LogP contribution in [-0.4, -0.2) is 46.5 Å². The van der Waals surface area contributed by atoms with Crippen molar-refractivity contribution in [1.29, 1.82) is 0 Å². The van der Waals surface area contributed by atoms with Gasteiger partial charge >= 0.3 is 0 Å². The Kier molecular flexibility index (Phi) is 6.96. The number of ether oxygens (including phenoxy) is 1. The molecule has 3 heterocycles. The highest BCUT2D eigenvalue weighted by molar-refractivity contribution is 5.96. The maximum absolute atomic E-state index is 15.3. The number of hydrogen-bond acceptors (Lipinski definition) is 5. The zero-order chi connectivity index (χ0) is 27.1. The van der Waals surface area contributed by atoms with Crippen molar-refractivity contribution in [3.8, 4) is 5.75 Å². The number of nitrogens with zero attached hydrogens (tertiary/aromatic N) is 3. The Morgan fingerprint density at radius 2 is 1.79 bits per heavy atom. The van der Waals surface area contributed by atoms with E-state index in [1.807, 2.05) is 29.3 Å². The molecule has 0 radical (unpaired) electrons. The quantitative estimate of drug-likeness (QED) is 0.517. The van der Waals surface area contributed by atoms with E-state index in [0.29, 0.717) is 12.2 Å². The van der Waals surface area contributed by atoms with Crippen LogP contribution in [0, 0.1) is 11.6 Å². The Balaban J connectivity index is 1.87. The summed E-state index contributed by atoms with van der Waals surface area (Å²) in [5.74, 6) is -2.83. The third-order valence-corrected chi connectivity index (χ3v) is 7.75. The molecule has 0 saturated carbocycles. The first kappa shape index (κ1) is 25.9. The number of aromatic nitrogens is 1. The number of carbonyl (C=O) groups is 1. The van der Waals surface area contributed by atoms with Gasteiger partial charge in [-0.15, -0.1) is 0 Å². The van der Waals surface area contributed by atoms with E-state index in [0.717, 1.165) is 23.6 Å². The number of hydrogen-bond donors (Lipinski definition) is 1. The average Bonchev–Trinajstić information content (AvgIpc) is 2.94. The Morgan fingerprint density at radius 3 is 2.50 bits per heavy atom. The molecular formula is C29H31F2N3O4. The molecular weight excluding hydrogens is 492 g/mol. The van der Waals surface area contributed by atoms with Crippen LogP contribution < -0.4 is 10.4 Å². The van der Waals surface area contributed by atoms with Crippen molar-refractivity contribution in [3.63, 3.8) is 0 Å². The van der Waals surface area contributed by atoms with Crippen LogP contribution in [0.3, 0.4) is 0 Å². The smallest absolute Gasteiger partial charge is 0.278 e. The first-order valence-corrected chi connectivity index (χ1v) is 13.0. The monoisotopic (exact) mass is 523 g/mol. The van der Waals surface area contributed by atoms with E-state index < -0.39 is 40.9 Å². The van der Waals surface area contributed by atoms with Crippen molar-refractivity contribution in [1.82, 2.24) is 9.58 Å². The van der Waals surface area contributed by atoms with Crippen LogP contribution in [0.4, 0.5) is 8.78 Å². The average molecular weight is 524 g/mol. The topological polar surface area (TPSA) is 75.0 Å². The van der Waals surface area contributed by atoms with Crippen LogP contribution in [0.25, 0.3) is 0 Å². The molecule has 1 N–H and O–H groups in total. The van der Waals surface area contributed by atoms with Crippen LogP contribution in [0.2, 0.25) is 0 Å². The Hall–Kier alpha value is -3.72. The summed E-state index contributed by atoms with van der Waals surface area (Å²) in [5.41, 5.74) is 1.80. The predicted octanol–water partition coefficient (Wildman–Crippen LogP) is 4.45. The van der Waals surface area contributed by atoms with Gasteiger partial charge in [0.25, 0.3) is 5.91 Å². The first-order chi connectivity index (χ1) is 18.3. The van der Waals surface area contributed by atoms with Gasteiger partial charge in [0, 0.05) is 18.8 Å². The van der Waals surface area contributed by atoms with E-state index in [1.54, 1.807) is 17.9 Å². The van der Waals surface area contributed by atoms with Crippen molar-refractivity contribution in [2.75, 3.05) is 24.8 Å². The first-order valence-electron chi connectivity index (χ1n) is 13.0. The van der Waals surface area contributed by atoms with Gasteiger partial charge in [0.05, 0.1) is 19.3 Å². The minimum absolute atomic E-state index is 0.149. The second-order valence-electron chi connectivity index (χ2n) is 9.78. The number of fused-ring (bicyclic) bond motifs is 2. The SMILES string of the molecule is CCc1c(C(c2ccccc2C(C)CC)N2C3COCCN3C(=O)c3c(O)c(=O)ccn32)ccc(F)c1F. The molecule has 0 bridgehead atoms. The van der Waals surface area contributed by atoms with Crippen molar-refractivity contribution >= 4 is 5.91 Å². The van der Waals surface area contributed by atoms with E-state index in [2.05, 4.69) is 13.8 Å². The fourth-order valence-corrected chi connectivity index (χ4v) is 5.64. The van der Waals surface area contributed by atoms with Crippen LogP contribution in [0.5, 0.6) is 5.75 Å². The van der Waals surface area contributed by atoms with Gasteiger partial charge in [-0.2, -0.15) is 0 Å². The van der Waals surface area contributed by atoms with Gasteiger partial charge in [-0.25, -0.2) is 8.78 Å². The molecule has 1 amide bonds. The van der Waals surface area contributed by atoms with Crippen molar-refractivity contribution < 1.29 is 23.4 Å². The van der Waals surface area contributed by atoms with E-state index in [-0.39, 0.29) is 36.7 Å². The Labute approximate surface area is 219 Å². The molecule has 7 nitrogen and oxygen atoms in total. The summed E-state index contributed by atoms with van der Waals surface area (Å²) < 4.78 is 37.0. The van der Waals surface area contributed by atoms with Crippen molar-refractivity contribution in [2.45, 2.75) is 51.7 Å². The third kappa shape index (κ3) is 4.05. The summed E-state index contributed by atoms with van der Waals surface area (Å²) in [6.45, 7) is 6.67. The lowest BCUT2D eigenvalue weighted by Crippen LogP contribution is -2.66. The van der Waals surface area contributed by atoms with Crippen molar-refractivity contribution in [3.05, 3.63) is 98.5 Å². The van der Waals surface area contributed by atoms with Crippen LogP contribution in [0.1, 0.15) is 71.9 Å². The van der Waals surface area contributed by atoms with E-state index in [9.17, 15) is 19.1 Å². The third-order valence-electron chi connectivity index (χ3n) is 7.75. The Morgan fingerprint density at radius 1 is 1.05 bits per heavy atom. The number of morpholine rings is 1. The molecule has 0 spiro atoms. The highest BCUT2D eigenvalue weighted by Gasteiger charge is 2.45. The number of rotatable bonds is 6. The summed E-state index contributed by atoms with van der Waals surface area (Å²) in [6.07, 6.45) is 1.91. The van der Waals surface area contributed by atoms with Gasteiger partial charge in [-0.05, 0) is 47.1 Å². The van der Waals surface area contributed by atoms with E-state index in [1.165, 1.54) is 16.9 Å². The number of pyridine rings is 1. The fourth-order valence-electron chi connectivity index (χ4n) is 5.64. The molecule has 200 valence electrons. The number of carbonyl (C=O) groups excluding carboxylic acids is 1. The fraction of sp³-hybridized carbons (Fsp3) is 0.379. The van der Waals surface area contributed by atoms with Crippen LogP contribution >= 0.6 is 0 Å². The summed E-state index contributed by atoms with van der Waals surface area (Å²) in [6, 6.07) is 11.0.